The molecule has 100 valence electrons. The van der Waals surface area contributed by atoms with Crippen molar-refractivity contribution in [3.05, 3.63) is 11.4 Å². The Morgan fingerprint density at radius 1 is 1.39 bits per heavy atom. The van der Waals surface area contributed by atoms with E-state index in [1.807, 2.05) is 6.92 Å². The van der Waals surface area contributed by atoms with Crippen LogP contribution in [0.4, 0.5) is 5.69 Å². The lowest BCUT2D eigenvalue weighted by Crippen LogP contribution is -2.39. The number of anilines is 1. The summed E-state index contributed by atoms with van der Waals surface area (Å²) in [5, 5.41) is 9.79. The maximum absolute atomic E-state index is 12.1. The second kappa shape index (κ2) is 5.42. The molecule has 1 amide bonds. The summed E-state index contributed by atoms with van der Waals surface area (Å²) in [6.07, 6.45) is 5.94. The van der Waals surface area contributed by atoms with Crippen LogP contribution < -0.4 is 11.1 Å². The molecule has 1 heterocycles. The Morgan fingerprint density at radius 3 is 2.78 bits per heavy atom. The summed E-state index contributed by atoms with van der Waals surface area (Å²) in [6, 6.07) is 0.247. The van der Waals surface area contributed by atoms with Crippen molar-refractivity contribution < 1.29 is 4.79 Å². The van der Waals surface area contributed by atoms with Crippen molar-refractivity contribution >= 4 is 11.6 Å². The molecule has 2 rings (SSSR count). The molecular formula is C13H22N4O. The summed E-state index contributed by atoms with van der Waals surface area (Å²) in [6.45, 7) is 4.02. The van der Waals surface area contributed by atoms with Crippen molar-refractivity contribution in [3.63, 3.8) is 0 Å². The summed E-state index contributed by atoms with van der Waals surface area (Å²) < 4.78 is 0. The van der Waals surface area contributed by atoms with Gasteiger partial charge in [0.25, 0.3) is 5.91 Å². The lowest BCUT2D eigenvalue weighted by Gasteiger charge is -2.22. The number of carbonyl (C=O) groups excluding carboxylic acids is 1. The van der Waals surface area contributed by atoms with Gasteiger partial charge >= 0.3 is 0 Å². The Morgan fingerprint density at radius 2 is 2.11 bits per heavy atom. The number of hydrogen-bond donors (Lipinski definition) is 3. The van der Waals surface area contributed by atoms with E-state index in [2.05, 4.69) is 22.4 Å². The Kier molecular flexibility index (Phi) is 3.89. The molecule has 1 aliphatic rings. The van der Waals surface area contributed by atoms with Gasteiger partial charge in [-0.1, -0.05) is 26.2 Å². The van der Waals surface area contributed by atoms with Gasteiger partial charge in [-0.05, 0) is 25.7 Å². The van der Waals surface area contributed by atoms with Gasteiger partial charge < -0.3 is 11.1 Å². The number of hydrogen-bond acceptors (Lipinski definition) is 3. The summed E-state index contributed by atoms with van der Waals surface area (Å²) in [5.41, 5.74) is 7.34. The molecule has 2 atom stereocenters. The zero-order chi connectivity index (χ0) is 13.1. The second-order valence-corrected chi connectivity index (χ2v) is 5.31. The molecule has 5 nitrogen and oxygen atoms in total. The fourth-order valence-electron chi connectivity index (χ4n) is 2.56. The van der Waals surface area contributed by atoms with Gasteiger partial charge in [-0.2, -0.15) is 5.10 Å². The smallest absolute Gasteiger partial charge is 0.274 e. The lowest BCUT2D eigenvalue weighted by atomic mass is 9.97. The highest BCUT2D eigenvalue weighted by Crippen LogP contribution is 2.23. The number of carbonyl (C=O) groups is 1. The summed E-state index contributed by atoms with van der Waals surface area (Å²) in [4.78, 5) is 12.1. The molecule has 0 radical (unpaired) electrons. The number of nitrogen functional groups attached to an aromatic ring is 1. The summed E-state index contributed by atoms with van der Waals surface area (Å²) >= 11 is 0. The molecule has 18 heavy (non-hydrogen) atoms. The standard InChI is InChI=1S/C13H22N4O/c1-8-6-4-3-5-7-10(8)15-13(18)12-11(14)9(2)16-17-12/h8,10H,3-7,14H2,1-2H3,(H,15,18)(H,16,17). The number of nitrogens with two attached hydrogens (primary N) is 1. The average molecular weight is 250 g/mol. The van der Waals surface area contributed by atoms with E-state index in [0.717, 1.165) is 12.1 Å². The van der Waals surface area contributed by atoms with Crippen LogP contribution in [0.2, 0.25) is 0 Å². The normalized spacial score (nSPS) is 24.6. The van der Waals surface area contributed by atoms with Crippen LogP contribution in [0.1, 0.15) is 55.2 Å². The van der Waals surface area contributed by atoms with E-state index in [1.165, 1.54) is 25.7 Å². The van der Waals surface area contributed by atoms with Crippen LogP contribution in [0.5, 0.6) is 0 Å². The van der Waals surface area contributed by atoms with Crippen molar-refractivity contribution in [2.45, 2.75) is 52.0 Å². The zero-order valence-corrected chi connectivity index (χ0v) is 11.1. The molecule has 1 aliphatic carbocycles. The highest BCUT2D eigenvalue weighted by atomic mass is 16.2. The average Bonchev–Trinajstić information content (AvgIpc) is 2.55. The van der Waals surface area contributed by atoms with E-state index in [9.17, 15) is 4.79 Å². The van der Waals surface area contributed by atoms with Crippen LogP contribution in [0.25, 0.3) is 0 Å². The summed E-state index contributed by atoms with van der Waals surface area (Å²) in [5.74, 6) is 0.369. The molecule has 0 bridgehead atoms. The topological polar surface area (TPSA) is 83.8 Å². The van der Waals surface area contributed by atoms with Gasteiger partial charge in [0.1, 0.15) is 0 Å². The summed E-state index contributed by atoms with van der Waals surface area (Å²) in [7, 11) is 0. The predicted octanol–water partition coefficient (Wildman–Crippen LogP) is 2.00. The lowest BCUT2D eigenvalue weighted by molar-refractivity contribution is 0.0917. The third-order valence-corrected chi connectivity index (χ3v) is 3.89. The zero-order valence-electron chi connectivity index (χ0n) is 11.1. The molecule has 0 aromatic carbocycles. The van der Waals surface area contributed by atoms with Crippen LogP contribution in [-0.2, 0) is 0 Å². The van der Waals surface area contributed by atoms with Gasteiger partial charge in [-0.15, -0.1) is 0 Å². The third-order valence-electron chi connectivity index (χ3n) is 3.89. The number of amides is 1. The molecule has 5 heteroatoms. The van der Waals surface area contributed by atoms with Crippen LogP contribution >= 0.6 is 0 Å². The van der Waals surface area contributed by atoms with Crippen LogP contribution in [-0.4, -0.2) is 22.1 Å². The molecular weight excluding hydrogens is 228 g/mol. The maximum Gasteiger partial charge on any atom is 0.274 e. The number of aryl methyl sites for hydroxylation is 1. The minimum absolute atomic E-state index is 0.157. The van der Waals surface area contributed by atoms with Crippen molar-refractivity contribution in [3.8, 4) is 0 Å². The van der Waals surface area contributed by atoms with Crippen LogP contribution in [0, 0.1) is 12.8 Å². The molecule has 0 aliphatic heterocycles. The van der Waals surface area contributed by atoms with Crippen molar-refractivity contribution in [2.75, 3.05) is 5.73 Å². The van der Waals surface area contributed by atoms with E-state index < -0.39 is 0 Å². The SMILES string of the molecule is Cc1[nH]nc(C(=O)NC2CCCCCC2C)c1N. The first-order valence-electron chi connectivity index (χ1n) is 6.71. The Labute approximate surface area is 108 Å². The Balaban J connectivity index is 2.04. The third kappa shape index (κ3) is 2.66. The Hall–Kier alpha value is -1.52. The van der Waals surface area contributed by atoms with Crippen LogP contribution in [0.3, 0.4) is 0 Å². The van der Waals surface area contributed by atoms with Crippen LogP contribution in [0.15, 0.2) is 0 Å². The number of rotatable bonds is 2. The van der Waals surface area contributed by atoms with E-state index >= 15 is 0 Å². The van der Waals surface area contributed by atoms with Gasteiger partial charge in [-0.3, -0.25) is 9.89 Å². The first kappa shape index (κ1) is 12.9. The number of aromatic amines is 1. The molecule has 0 saturated heterocycles. The van der Waals surface area contributed by atoms with Gasteiger partial charge in [0, 0.05) is 6.04 Å². The molecule has 4 N–H and O–H groups in total. The fourth-order valence-corrected chi connectivity index (χ4v) is 2.56. The van der Waals surface area contributed by atoms with E-state index in [0.29, 0.717) is 17.3 Å². The van der Waals surface area contributed by atoms with Crippen molar-refractivity contribution in [1.29, 1.82) is 0 Å². The number of aromatic nitrogens is 2. The van der Waals surface area contributed by atoms with Gasteiger partial charge in [-0.25, -0.2) is 0 Å². The monoisotopic (exact) mass is 250 g/mol. The number of nitrogens with zero attached hydrogens (tertiary/aromatic N) is 1. The Bertz CT molecular complexity index is 427. The molecule has 1 aromatic rings. The molecule has 0 spiro atoms. The molecule has 1 aromatic heterocycles. The molecule has 1 fully saturated rings. The number of H-pyrrole nitrogens is 1. The largest absolute Gasteiger partial charge is 0.395 e. The first-order valence-corrected chi connectivity index (χ1v) is 6.71. The van der Waals surface area contributed by atoms with Crippen molar-refractivity contribution in [2.24, 2.45) is 5.92 Å². The first-order chi connectivity index (χ1) is 8.59. The minimum Gasteiger partial charge on any atom is -0.395 e. The predicted molar refractivity (Wildman–Crippen MR) is 71.2 cm³/mol. The second-order valence-electron chi connectivity index (χ2n) is 5.31. The maximum atomic E-state index is 12.1. The highest BCUT2D eigenvalue weighted by Gasteiger charge is 2.24. The molecule has 1 saturated carbocycles. The van der Waals surface area contributed by atoms with E-state index in [1.54, 1.807) is 0 Å². The quantitative estimate of drug-likeness (QED) is 0.702. The van der Waals surface area contributed by atoms with Gasteiger partial charge in [0.05, 0.1) is 11.4 Å². The minimum atomic E-state index is -0.157. The highest BCUT2D eigenvalue weighted by molar-refractivity contribution is 5.97. The van der Waals surface area contributed by atoms with Crippen molar-refractivity contribution in [1.82, 2.24) is 15.5 Å². The number of nitrogens with one attached hydrogen (secondary N) is 2. The van der Waals surface area contributed by atoms with Gasteiger partial charge in [0.2, 0.25) is 0 Å². The molecule has 2 unspecified atom stereocenters. The van der Waals surface area contributed by atoms with E-state index in [4.69, 9.17) is 5.73 Å². The fraction of sp³-hybridized carbons (Fsp3) is 0.692. The van der Waals surface area contributed by atoms with Gasteiger partial charge in [0.15, 0.2) is 5.69 Å². The van der Waals surface area contributed by atoms with E-state index in [-0.39, 0.29) is 11.9 Å².